The SMILES string of the molecule is O=C(O)[C@@H]1CCCN(C(=O)c2cn[nH]c2-c2ccccc2)C1. The van der Waals surface area contributed by atoms with E-state index in [1.807, 2.05) is 30.3 Å². The predicted molar refractivity (Wildman–Crippen MR) is 80.3 cm³/mol. The number of amides is 1. The van der Waals surface area contributed by atoms with Crippen molar-refractivity contribution >= 4 is 11.9 Å². The standard InChI is InChI=1S/C16H17N3O3/c20-15(19-8-4-7-12(10-19)16(21)22)13-9-17-18-14(13)11-5-2-1-3-6-11/h1-3,5-6,9,12H,4,7-8,10H2,(H,17,18)(H,21,22)/t12-/m1/s1. The van der Waals surface area contributed by atoms with E-state index in [2.05, 4.69) is 10.2 Å². The van der Waals surface area contributed by atoms with Crippen molar-refractivity contribution in [2.24, 2.45) is 5.92 Å². The first-order valence-corrected chi connectivity index (χ1v) is 7.27. The fourth-order valence-corrected chi connectivity index (χ4v) is 2.81. The highest BCUT2D eigenvalue weighted by molar-refractivity contribution is 6.00. The van der Waals surface area contributed by atoms with Gasteiger partial charge < -0.3 is 10.0 Å². The number of carbonyl (C=O) groups excluding carboxylic acids is 1. The molecule has 0 spiro atoms. The number of likely N-dealkylation sites (tertiary alicyclic amines) is 1. The summed E-state index contributed by atoms with van der Waals surface area (Å²) in [5, 5.41) is 16.0. The molecule has 1 atom stereocenters. The third-order valence-corrected chi connectivity index (χ3v) is 3.99. The minimum atomic E-state index is -0.840. The molecule has 2 heterocycles. The molecule has 1 aromatic heterocycles. The lowest BCUT2D eigenvalue weighted by molar-refractivity contribution is -0.143. The first-order chi connectivity index (χ1) is 10.7. The second kappa shape index (κ2) is 6.01. The van der Waals surface area contributed by atoms with Crippen molar-refractivity contribution in [3.05, 3.63) is 42.1 Å². The molecule has 22 heavy (non-hydrogen) atoms. The smallest absolute Gasteiger partial charge is 0.308 e. The summed E-state index contributed by atoms with van der Waals surface area (Å²) in [4.78, 5) is 25.4. The van der Waals surface area contributed by atoms with Crippen molar-refractivity contribution in [2.45, 2.75) is 12.8 Å². The molecule has 1 fully saturated rings. The molecule has 1 saturated heterocycles. The zero-order valence-corrected chi connectivity index (χ0v) is 12.0. The number of nitrogens with zero attached hydrogens (tertiary/aromatic N) is 2. The van der Waals surface area contributed by atoms with Crippen molar-refractivity contribution in [3.8, 4) is 11.3 Å². The first kappa shape index (κ1) is 14.3. The third-order valence-electron chi connectivity index (χ3n) is 3.99. The number of aromatic nitrogens is 2. The van der Waals surface area contributed by atoms with Gasteiger partial charge in [-0.05, 0) is 12.8 Å². The number of carbonyl (C=O) groups is 2. The summed E-state index contributed by atoms with van der Waals surface area (Å²) in [5.74, 6) is -1.49. The normalized spacial score (nSPS) is 18.2. The number of hydrogen-bond acceptors (Lipinski definition) is 3. The Kier molecular flexibility index (Phi) is 3.91. The van der Waals surface area contributed by atoms with Crippen molar-refractivity contribution in [1.29, 1.82) is 0 Å². The van der Waals surface area contributed by atoms with Crippen LogP contribution in [0.1, 0.15) is 23.2 Å². The van der Waals surface area contributed by atoms with Gasteiger partial charge in [0.25, 0.3) is 5.91 Å². The molecule has 1 aliphatic heterocycles. The topological polar surface area (TPSA) is 86.3 Å². The maximum absolute atomic E-state index is 12.7. The third kappa shape index (κ3) is 2.72. The van der Waals surface area contributed by atoms with Gasteiger partial charge in [-0.2, -0.15) is 5.10 Å². The quantitative estimate of drug-likeness (QED) is 0.907. The Balaban J connectivity index is 1.84. The Morgan fingerprint density at radius 3 is 2.77 bits per heavy atom. The number of rotatable bonds is 3. The van der Waals surface area contributed by atoms with Gasteiger partial charge in [0.15, 0.2) is 0 Å². The lowest BCUT2D eigenvalue weighted by atomic mass is 9.97. The van der Waals surface area contributed by atoms with Crippen molar-refractivity contribution in [2.75, 3.05) is 13.1 Å². The molecule has 0 unspecified atom stereocenters. The number of aromatic amines is 1. The lowest BCUT2D eigenvalue weighted by Crippen LogP contribution is -2.42. The Labute approximate surface area is 127 Å². The Bertz CT molecular complexity index is 681. The van der Waals surface area contributed by atoms with E-state index in [1.54, 1.807) is 4.90 Å². The van der Waals surface area contributed by atoms with Gasteiger partial charge >= 0.3 is 5.97 Å². The molecule has 3 rings (SSSR count). The number of H-pyrrole nitrogens is 1. The second-order valence-corrected chi connectivity index (χ2v) is 5.45. The largest absolute Gasteiger partial charge is 0.481 e. The zero-order valence-electron chi connectivity index (χ0n) is 12.0. The lowest BCUT2D eigenvalue weighted by Gasteiger charge is -2.30. The molecule has 0 radical (unpaired) electrons. The van der Waals surface area contributed by atoms with E-state index in [9.17, 15) is 9.59 Å². The molecule has 0 saturated carbocycles. The van der Waals surface area contributed by atoms with Crippen LogP contribution in [0, 0.1) is 5.92 Å². The summed E-state index contributed by atoms with van der Waals surface area (Å²) >= 11 is 0. The van der Waals surface area contributed by atoms with E-state index in [0.717, 1.165) is 5.56 Å². The summed E-state index contributed by atoms with van der Waals surface area (Å²) in [5.41, 5.74) is 2.04. The number of piperidine rings is 1. The summed E-state index contributed by atoms with van der Waals surface area (Å²) in [6.45, 7) is 0.843. The van der Waals surface area contributed by atoms with E-state index < -0.39 is 11.9 Å². The van der Waals surface area contributed by atoms with Gasteiger partial charge in [0, 0.05) is 18.7 Å². The summed E-state index contributed by atoms with van der Waals surface area (Å²) in [6.07, 6.45) is 2.84. The van der Waals surface area contributed by atoms with Crippen LogP contribution in [-0.2, 0) is 4.79 Å². The van der Waals surface area contributed by atoms with Gasteiger partial charge in [-0.1, -0.05) is 30.3 Å². The monoisotopic (exact) mass is 299 g/mol. The molecule has 6 heteroatoms. The van der Waals surface area contributed by atoms with Gasteiger partial charge in [0.05, 0.1) is 23.4 Å². The molecule has 2 aromatic rings. The highest BCUT2D eigenvalue weighted by atomic mass is 16.4. The van der Waals surface area contributed by atoms with E-state index in [0.29, 0.717) is 30.6 Å². The number of hydrogen-bond donors (Lipinski definition) is 2. The van der Waals surface area contributed by atoms with Gasteiger partial charge in [0.1, 0.15) is 0 Å². The summed E-state index contributed by atoms with van der Waals surface area (Å²) in [6, 6.07) is 9.50. The van der Waals surface area contributed by atoms with Crippen LogP contribution in [0.4, 0.5) is 0 Å². The fourth-order valence-electron chi connectivity index (χ4n) is 2.81. The molecule has 6 nitrogen and oxygen atoms in total. The molecule has 1 aromatic carbocycles. The molecule has 0 bridgehead atoms. The Morgan fingerprint density at radius 1 is 1.27 bits per heavy atom. The fraction of sp³-hybridized carbons (Fsp3) is 0.312. The van der Waals surface area contributed by atoms with E-state index >= 15 is 0 Å². The summed E-state index contributed by atoms with van der Waals surface area (Å²) in [7, 11) is 0. The number of benzene rings is 1. The average molecular weight is 299 g/mol. The van der Waals surface area contributed by atoms with Crippen LogP contribution in [0.5, 0.6) is 0 Å². The Hall–Kier alpha value is -2.63. The number of aliphatic carboxylic acids is 1. The van der Waals surface area contributed by atoms with Crippen LogP contribution >= 0.6 is 0 Å². The molecule has 2 N–H and O–H groups in total. The van der Waals surface area contributed by atoms with E-state index in [-0.39, 0.29) is 12.5 Å². The Morgan fingerprint density at radius 2 is 2.05 bits per heavy atom. The van der Waals surface area contributed by atoms with Crippen LogP contribution in [0.3, 0.4) is 0 Å². The van der Waals surface area contributed by atoms with Gasteiger partial charge in [-0.3, -0.25) is 14.7 Å². The maximum Gasteiger partial charge on any atom is 0.308 e. The van der Waals surface area contributed by atoms with Crippen LogP contribution in [0.2, 0.25) is 0 Å². The average Bonchev–Trinajstić information content (AvgIpc) is 3.04. The number of nitrogens with one attached hydrogen (secondary N) is 1. The second-order valence-electron chi connectivity index (χ2n) is 5.45. The highest BCUT2D eigenvalue weighted by Crippen LogP contribution is 2.24. The highest BCUT2D eigenvalue weighted by Gasteiger charge is 2.30. The van der Waals surface area contributed by atoms with Crippen LogP contribution < -0.4 is 0 Å². The van der Waals surface area contributed by atoms with Crippen molar-refractivity contribution < 1.29 is 14.7 Å². The number of carboxylic acids is 1. The van der Waals surface area contributed by atoms with E-state index in [1.165, 1.54) is 6.20 Å². The molecule has 1 aliphatic rings. The van der Waals surface area contributed by atoms with Crippen LogP contribution in [0.15, 0.2) is 36.5 Å². The summed E-state index contributed by atoms with van der Waals surface area (Å²) < 4.78 is 0. The molecular formula is C16H17N3O3. The molecule has 1 amide bonds. The van der Waals surface area contributed by atoms with Crippen molar-refractivity contribution in [1.82, 2.24) is 15.1 Å². The molecule has 114 valence electrons. The maximum atomic E-state index is 12.7. The van der Waals surface area contributed by atoms with Crippen LogP contribution in [0.25, 0.3) is 11.3 Å². The van der Waals surface area contributed by atoms with E-state index in [4.69, 9.17) is 5.11 Å². The minimum Gasteiger partial charge on any atom is -0.481 e. The van der Waals surface area contributed by atoms with Gasteiger partial charge in [-0.25, -0.2) is 0 Å². The molecular weight excluding hydrogens is 282 g/mol. The van der Waals surface area contributed by atoms with Gasteiger partial charge in [-0.15, -0.1) is 0 Å². The van der Waals surface area contributed by atoms with Crippen LogP contribution in [-0.4, -0.2) is 45.2 Å². The number of carboxylic acid groups (broad SMARTS) is 1. The van der Waals surface area contributed by atoms with Gasteiger partial charge in [0.2, 0.25) is 0 Å². The molecule has 0 aliphatic carbocycles. The predicted octanol–water partition coefficient (Wildman–Crippen LogP) is 2.01. The zero-order chi connectivity index (χ0) is 15.5. The minimum absolute atomic E-state index is 0.168. The first-order valence-electron chi connectivity index (χ1n) is 7.27. The van der Waals surface area contributed by atoms with Crippen molar-refractivity contribution in [3.63, 3.8) is 0 Å².